The molecule has 4 amide bonds. The molecule has 1 aromatic rings. The van der Waals surface area contributed by atoms with Crippen LogP contribution in [-0.4, -0.2) is 117 Å². The van der Waals surface area contributed by atoms with Crippen molar-refractivity contribution >= 4 is 29.4 Å². The second kappa shape index (κ2) is 24.9. The van der Waals surface area contributed by atoms with E-state index in [-0.39, 0.29) is 83.5 Å². The highest BCUT2D eigenvalue weighted by atomic mass is 16.7. The van der Waals surface area contributed by atoms with E-state index in [4.69, 9.17) is 14.3 Å². The van der Waals surface area contributed by atoms with Crippen LogP contribution in [0.15, 0.2) is 30.3 Å². The minimum Gasteiger partial charge on any atom is -0.381 e. The fourth-order valence-electron chi connectivity index (χ4n) is 9.15. The van der Waals surface area contributed by atoms with Crippen molar-refractivity contribution in [3.63, 3.8) is 0 Å². The van der Waals surface area contributed by atoms with E-state index in [0.29, 0.717) is 39.0 Å². The Hall–Kier alpha value is -3.39. The first-order chi connectivity index (χ1) is 28.5. The third-order valence-corrected chi connectivity index (χ3v) is 13.3. The first-order valence-electron chi connectivity index (χ1n) is 22.7. The van der Waals surface area contributed by atoms with Gasteiger partial charge in [0, 0.05) is 39.1 Å². The molecule has 0 saturated carbocycles. The van der Waals surface area contributed by atoms with E-state index in [0.717, 1.165) is 31.2 Å². The maximum Gasteiger partial charge on any atom is 0.269 e. The zero-order valence-corrected chi connectivity index (χ0v) is 38.8. The third kappa shape index (κ3) is 13.6. The predicted molar refractivity (Wildman–Crippen MR) is 235 cm³/mol. The normalized spacial score (nSPS) is 21.0. The van der Waals surface area contributed by atoms with Gasteiger partial charge in [0.25, 0.3) is 5.91 Å². The number of methoxy groups -OCH3 is 2. The molecule has 2 heterocycles. The minimum atomic E-state index is -0.858. The van der Waals surface area contributed by atoms with Crippen LogP contribution in [0.3, 0.4) is 0 Å². The maximum atomic E-state index is 14.3. The van der Waals surface area contributed by atoms with Crippen LogP contribution in [0.25, 0.3) is 0 Å². The van der Waals surface area contributed by atoms with Gasteiger partial charge in [-0.25, -0.2) is 5.06 Å². The van der Waals surface area contributed by atoms with Crippen LogP contribution < -0.4 is 16.0 Å². The summed E-state index contributed by atoms with van der Waals surface area (Å²) in [5, 5.41) is 10.6. The standard InChI is InChI=1S/C47H79N5O8/c1-13-31(6)36(24-23-32(7)43(54)40(29(2)3)49-46(56)41(48-10)30(4)5)38(58-11)28-39(53)51-25-19-22-37(51)44(59-12)34(9)45(55)50-42(33(8)35-20-15-14-16-21-35)47(57)52-26-17-18-27-60-52/h14-16,20-21,29-34,36-38,40-42,44,48H,13,17-19,22-28H2,1-12H3,(H,49,56)(H,50,55)/t31-,32?,33-,34+,36?,37-,38+,40-,41-,42-,44+/m0/s1. The first-order valence-corrected chi connectivity index (χ1v) is 22.7. The van der Waals surface area contributed by atoms with Crippen molar-refractivity contribution in [3.05, 3.63) is 35.9 Å². The summed E-state index contributed by atoms with van der Waals surface area (Å²) in [6, 6.07) is 7.47. The van der Waals surface area contributed by atoms with Crippen molar-refractivity contribution in [1.82, 2.24) is 25.9 Å². The molecule has 0 bridgehead atoms. The number of likely N-dealkylation sites (N-methyl/N-ethyl adjacent to an activating group) is 1. The molecule has 2 unspecified atom stereocenters. The molecule has 60 heavy (non-hydrogen) atoms. The lowest BCUT2D eigenvalue weighted by Gasteiger charge is -2.37. The molecule has 2 aliphatic heterocycles. The Bertz CT molecular complexity index is 1500. The highest BCUT2D eigenvalue weighted by molar-refractivity contribution is 5.92. The number of benzene rings is 1. The summed E-state index contributed by atoms with van der Waals surface area (Å²) in [7, 11) is 4.98. The number of nitrogens with zero attached hydrogens (tertiary/aromatic N) is 2. The number of likely N-dealkylation sites (tertiary alicyclic amines) is 1. The second-order valence-electron chi connectivity index (χ2n) is 18.1. The van der Waals surface area contributed by atoms with E-state index >= 15 is 0 Å². The zero-order valence-electron chi connectivity index (χ0n) is 38.8. The highest BCUT2D eigenvalue weighted by Crippen LogP contribution is 2.33. The molecule has 2 saturated heterocycles. The van der Waals surface area contributed by atoms with Gasteiger partial charge in [0.2, 0.25) is 17.7 Å². The van der Waals surface area contributed by atoms with Crippen LogP contribution in [0.1, 0.15) is 125 Å². The molecule has 2 fully saturated rings. The molecule has 3 N–H and O–H groups in total. The molecular weight excluding hydrogens is 763 g/mol. The van der Waals surface area contributed by atoms with E-state index < -0.39 is 30.1 Å². The smallest absolute Gasteiger partial charge is 0.269 e. The van der Waals surface area contributed by atoms with Crippen LogP contribution >= 0.6 is 0 Å². The van der Waals surface area contributed by atoms with Gasteiger partial charge in [-0.15, -0.1) is 0 Å². The van der Waals surface area contributed by atoms with Crippen LogP contribution in [0.5, 0.6) is 0 Å². The number of carbonyl (C=O) groups is 5. The molecule has 13 nitrogen and oxygen atoms in total. The number of hydrogen-bond acceptors (Lipinski definition) is 9. The Morgan fingerprint density at radius 1 is 0.800 bits per heavy atom. The largest absolute Gasteiger partial charge is 0.381 e. The van der Waals surface area contributed by atoms with E-state index in [2.05, 4.69) is 29.8 Å². The van der Waals surface area contributed by atoms with Gasteiger partial charge in [-0.1, -0.05) is 99.1 Å². The third-order valence-electron chi connectivity index (χ3n) is 13.3. The Morgan fingerprint density at radius 2 is 1.45 bits per heavy atom. The number of Topliss-reactive ketones (excluding diaryl/α,β-unsaturated/α-hetero) is 1. The number of hydrogen-bond donors (Lipinski definition) is 3. The Morgan fingerprint density at radius 3 is 2.00 bits per heavy atom. The molecule has 340 valence electrons. The molecule has 3 rings (SSSR count). The van der Waals surface area contributed by atoms with Gasteiger partial charge >= 0.3 is 0 Å². The van der Waals surface area contributed by atoms with Crippen molar-refractivity contribution < 1.29 is 38.3 Å². The minimum absolute atomic E-state index is 0.00911. The highest BCUT2D eigenvalue weighted by Gasteiger charge is 2.43. The molecule has 0 spiro atoms. The zero-order chi connectivity index (χ0) is 44.7. The molecule has 1 aromatic carbocycles. The average Bonchev–Trinajstić information content (AvgIpc) is 3.73. The van der Waals surface area contributed by atoms with Crippen molar-refractivity contribution in [3.8, 4) is 0 Å². The average molecular weight is 842 g/mol. The van der Waals surface area contributed by atoms with Gasteiger partial charge in [0.15, 0.2) is 5.78 Å². The number of rotatable bonds is 24. The Balaban J connectivity index is 1.74. The van der Waals surface area contributed by atoms with Gasteiger partial charge in [0.1, 0.15) is 6.04 Å². The Labute approximate surface area is 361 Å². The second-order valence-corrected chi connectivity index (χ2v) is 18.1. The summed E-state index contributed by atoms with van der Waals surface area (Å²) in [4.78, 5) is 76.9. The van der Waals surface area contributed by atoms with Crippen LogP contribution in [-0.2, 0) is 38.3 Å². The van der Waals surface area contributed by atoms with E-state index in [9.17, 15) is 24.0 Å². The lowest BCUT2D eigenvalue weighted by molar-refractivity contribution is -0.200. The Kier molecular flexibility index (Phi) is 21.2. The summed E-state index contributed by atoms with van der Waals surface area (Å²) in [5.41, 5.74) is 0.925. The number of ether oxygens (including phenoxy) is 2. The molecule has 0 radical (unpaired) electrons. The van der Waals surface area contributed by atoms with Crippen LogP contribution in [0.4, 0.5) is 0 Å². The number of carbonyl (C=O) groups excluding carboxylic acids is 5. The molecular formula is C47H79N5O8. The van der Waals surface area contributed by atoms with Gasteiger partial charge in [-0.2, -0.15) is 0 Å². The van der Waals surface area contributed by atoms with E-state index in [1.807, 2.05) is 76.8 Å². The summed E-state index contributed by atoms with van der Waals surface area (Å²) in [5.74, 6) is -1.89. The predicted octanol–water partition coefficient (Wildman–Crippen LogP) is 5.91. The molecule has 13 heteroatoms. The summed E-state index contributed by atoms with van der Waals surface area (Å²) in [6.45, 7) is 19.3. The fourth-order valence-corrected chi connectivity index (χ4v) is 9.15. The summed E-state index contributed by atoms with van der Waals surface area (Å²) < 4.78 is 12.1. The van der Waals surface area contributed by atoms with Gasteiger partial charge in [0.05, 0.1) is 49.3 Å². The number of ketones is 1. The molecule has 11 atom stereocenters. The quantitative estimate of drug-likeness (QED) is 0.115. The molecule has 0 aromatic heterocycles. The molecule has 2 aliphatic rings. The monoisotopic (exact) mass is 842 g/mol. The lowest BCUT2D eigenvalue weighted by atomic mass is 9.79. The van der Waals surface area contributed by atoms with Crippen molar-refractivity contribution in [1.29, 1.82) is 0 Å². The van der Waals surface area contributed by atoms with Crippen LogP contribution in [0, 0.1) is 35.5 Å². The van der Waals surface area contributed by atoms with Crippen molar-refractivity contribution in [2.24, 2.45) is 35.5 Å². The van der Waals surface area contributed by atoms with E-state index in [1.54, 1.807) is 28.2 Å². The topological polar surface area (TPSA) is 156 Å². The lowest BCUT2D eigenvalue weighted by Crippen LogP contribution is -2.56. The first kappa shape index (κ1) is 51.0. The van der Waals surface area contributed by atoms with Crippen molar-refractivity contribution in [2.75, 3.05) is 41.0 Å². The number of amides is 4. The SMILES string of the molecule is CC[C@H](C)C(CCC(C)C(=O)[C@@H](NC(=O)[C@@H](NC)C(C)C)C(C)C)[C@@H](CC(=O)N1CCC[C@H]1[C@H](OC)[C@@H](C)C(=O)N[C@H](C(=O)N1CCCCO1)[C@@H](C)c1ccccc1)OC. The van der Waals surface area contributed by atoms with Gasteiger partial charge in [-0.3, -0.25) is 28.8 Å². The number of hydroxylamine groups is 2. The van der Waals surface area contributed by atoms with Crippen molar-refractivity contribution in [2.45, 2.75) is 156 Å². The van der Waals surface area contributed by atoms with E-state index in [1.165, 1.54) is 5.06 Å². The molecule has 0 aliphatic carbocycles. The van der Waals surface area contributed by atoms with Gasteiger partial charge in [-0.05, 0) is 74.8 Å². The van der Waals surface area contributed by atoms with Crippen LogP contribution in [0.2, 0.25) is 0 Å². The number of nitrogens with one attached hydrogen (secondary N) is 3. The summed E-state index contributed by atoms with van der Waals surface area (Å²) >= 11 is 0. The fraction of sp³-hybridized carbons (Fsp3) is 0.766. The maximum absolute atomic E-state index is 14.3. The summed E-state index contributed by atoms with van der Waals surface area (Å²) in [6.07, 6.45) is 4.49. The van der Waals surface area contributed by atoms with Gasteiger partial charge < -0.3 is 30.3 Å².